The lowest BCUT2D eigenvalue weighted by atomic mass is 10.2. The summed E-state index contributed by atoms with van der Waals surface area (Å²) in [4.78, 5) is 11.3. The minimum Gasteiger partial charge on any atom is -0.489 e. The number of aromatic nitrogens is 1. The number of nitrogens with zero attached hydrogens (tertiary/aromatic N) is 1. The molecule has 0 N–H and O–H groups in total. The van der Waals surface area contributed by atoms with Gasteiger partial charge in [0, 0.05) is 29.2 Å². The molecule has 0 aliphatic heterocycles. The molecule has 3 aromatic carbocycles. The molecular formula is C23H19NO2. The van der Waals surface area contributed by atoms with E-state index in [9.17, 15) is 4.79 Å². The van der Waals surface area contributed by atoms with Gasteiger partial charge in [0.1, 0.15) is 12.4 Å². The molecule has 0 radical (unpaired) electrons. The van der Waals surface area contributed by atoms with Crippen LogP contribution in [0.2, 0.25) is 0 Å². The molecule has 4 aromatic rings. The lowest BCUT2D eigenvalue weighted by Gasteiger charge is -2.10. The molecule has 128 valence electrons. The van der Waals surface area contributed by atoms with Crippen molar-refractivity contribution in [3.63, 3.8) is 0 Å². The molecule has 0 aliphatic carbocycles. The van der Waals surface area contributed by atoms with Gasteiger partial charge >= 0.3 is 0 Å². The van der Waals surface area contributed by atoms with E-state index in [-0.39, 0.29) is 0 Å². The Kier molecular flexibility index (Phi) is 4.52. The number of aldehydes is 1. The first kappa shape index (κ1) is 16.2. The molecule has 1 aromatic heterocycles. The second-order valence-corrected chi connectivity index (χ2v) is 6.27. The monoisotopic (exact) mass is 341 g/mol. The van der Waals surface area contributed by atoms with Gasteiger partial charge in [-0.1, -0.05) is 60.7 Å². The molecule has 0 spiro atoms. The molecule has 0 amide bonds. The van der Waals surface area contributed by atoms with Gasteiger partial charge < -0.3 is 9.30 Å². The molecule has 3 heteroatoms. The second-order valence-electron chi connectivity index (χ2n) is 6.27. The van der Waals surface area contributed by atoms with Crippen molar-refractivity contribution in [1.29, 1.82) is 0 Å². The highest BCUT2D eigenvalue weighted by atomic mass is 16.5. The summed E-state index contributed by atoms with van der Waals surface area (Å²) in [5, 5.41) is 0.985. The lowest BCUT2D eigenvalue weighted by molar-refractivity contribution is 0.112. The number of rotatable bonds is 6. The van der Waals surface area contributed by atoms with E-state index in [1.165, 1.54) is 0 Å². The van der Waals surface area contributed by atoms with Gasteiger partial charge in [-0.2, -0.15) is 0 Å². The van der Waals surface area contributed by atoms with E-state index in [0.29, 0.717) is 13.2 Å². The van der Waals surface area contributed by atoms with Gasteiger partial charge in [-0.25, -0.2) is 0 Å². The number of benzene rings is 3. The quantitative estimate of drug-likeness (QED) is 0.458. The van der Waals surface area contributed by atoms with Crippen LogP contribution in [0.5, 0.6) is 5.75 Å². The maximum atomic E-state index is 11.3. The van der Waals surface area contributed by atoms with Crippen molar-refractivity contribution in [3.05, 3.63) is 102 Å². The Morgan fingerprint density at radius 3 is 2.46 bits per heavy atom. The molecule has 1 heterocycles. The number of hydrogen-bond acceptors (Lipinski definition) is 2. The van der Waals surface area contributed by atoms with Crippen LogP contribution in [0.15, 0.2) is 85.1 Å². The van der Waals surface area contributed by atoms with Gasteiger partial charge in [-0.3, -0.25) is 4.79 Å². The highest BCUT2D eigenvalue weighted by molar-refractivity contribution is 5.97. The van der Waals surface area contributed by atoms with Crippen molar-refractivity contribution >= 4 is 17.2 Å². The predicted octanol–water partition coefficient (Wildman–Crippen LogP) is 5.08. The van der Waals surface area contributed by atoms with Crippen LogP contribution in [0, 0.1) is 0 Å². The van der Waals surface area contributed by atoms with Crippen molar-refractivity contribution < 1.29 is 9.53 Å². The smallest absolute Gasteiger partial charge is 0.152 e. The standard InChI is InChI=1S/C23H19NO2/c25-16-20-15-24(23-12-5-4-11-22(20)23)14-19-9-6-10-21(13-19)26-17-18-7-2-1-3-8-18/h1-13,15-16H,14,17H2. The molecular weight excluding hydrogens is 322 g/mol. The Hall–Kier alpha value is -3.33. The van der Waals surface area contributed by atoms with Gasteiger partial charge in [0.15, 0.2) is 6.29 Å². The van der Waals surface area contributed by atoms with Crippen LogP contribution in [-0.2, 0) is 13.2 Å². The van der Waals surface area contributed by atoms with Gasteiger partial charge in [0.05, 0.1) is 0 Å². The minimum atomic E-state index is 0.548. The van der Waals surface area contributed by atoms with E-state index in [0.717, 1.165) is 39.6 Å². The SMILES string of the molecule is O=Cc1cn(Cc2cccc(OCc3ccccc3)c2)c2ccccc12. The molecule has 0 atom stereocenters. The third-order valence-electron chi connectivity index (χ3n) is 4.45. The number of ether oxygens (including phenoxy) is 1. The average molecular weight is 341 g/mol. The average Bonchev–Trinajstić information content (AvgIpc) is 3.05. The van der Waals surface area contributed by atoms with Crippen LogP contribution in [-0.4, -0.2) is 10.9 Å². The fourth-order valence-corrected chi connectivity index (χ4v) is 3.17. The third-order valence-corrected chi connectivity index (χ3v) is 4.45. The predicted molar refractivity (Wildman–Crippen MR) is 104 cm³/mol. The first-order valence-corrected chi connectivity index (χ1v) is 8.62. The fraction of sp³-hybridized carbons (Fsp3) is 0.0870. The van der Waals surface area contributed by atoms with Crippen LogP contribution in [0.3, 0.4) is 0 Å². The number of carbonyl (C=O) groups excluding carboxylic acids is 1. The maximum absolute atomic E-state index is 11.3. The van der Waals surface area contributed by atoms with E-state index >= 15 is 0 Å². The van der Waals surface area contributed by atoms with E-state index in [1.807, 2.05) is 60.8 Å². The van der Waals surface area contributed by atoms with Crippen molar-refractivity contribution in [3.8, 4) is 5.75 Å². The summed E-state index contributed by atoms with van der Waals surface area (Å²) in [6.07, 6.45) is 2.83. The lowest BCUT2D eigenvalue weighted by Crippen LogP contribution is -1.99. The summed E-state index contributed by atoms with van der Waals surface area (Å²) < 4.78 is 8.03. The Morgan fingerprint density at radius 2 is 1.62 bits per heavy atom. The highest BCUT2D eigenvalue weighted by Crippen LogP contribution is 2.22. The van der Waals surface area contributed by atoms with Crippen molar-refractivity contribution in [2.75, 3.05) is 0 Å². The molecule has 0 unspecified atom stereocenters. The Bertz CT molecular complexity index is 1030. The summed E-state index contributed by atoms with van der Waals surface area (Å²) >= 11 is 0. The zero-order valence-corrected chi connectivity index (χ0v) is 14.3. The molecule has 3 nitrogen and oxygen atoms in total. The van der Waals surface area contributed by atoms with Crippen molar-refractivity contribution in [2.45, 2.75) is 13.2 Å². The van der Waals surface area contributed by atoms with E-state index < -0.39 is 0 Å². The van der Waals surface area contributed by atoms with Crippen molar-refractivity contribution in [2.24, 2.45) is 0 Å². The van der Waals surface area contributed by atoms with Crippen LogP contribution in [0.1, 0.15) is 21.5 Å². The third kappa shape index (κ3) is 3.38. The summed E-state index contributed by atoms with van der Waals surface area (Å²) in [5.74, 6) is 0.846. The zero-order valence-electron chi connectivity index (χ0n) is 14.3. The van der Waals surface area contributed by atoms with Crippen LogP contribution in [0.25, 0.3) is 10.9 Å². The van der Waals surface area contributed by atoms with Gasteiger partial charge in [0.2, 0.25) is 0 Å². The first-order valence-electron chi connectivity index (χ1n) is 8.62. The second kappa shape index (κ2) is 7.28. The largest absolute Gasteiger partial charge is 0.489 e. The number of hydrogen-bond donors (Lipinski definition) is 0. The molecule has 4 rings (SSSR count). The molecule has 0 saturated heterocycles. The van der Waals surface area contributed by atoms with Crippen LogP contribution in [0.4, 0.5) is 0 Å². The van der Waals surface area contributed by atoms with Gasteiger partial charge in [-0.15, -0.1) is 0 Å². The molecule has 0 aliphatic rings. The van der Waals surface area contributed by atoms with Gasteiger partial charge in [-0.05, 0) is 29.3 Å². The van der Waals surface area contributed by atoms with E-state index in [4.69, 9.17) is 4.74 Å². The Labute approximate surface area is 152 Å². The molecule has 26 heavy (non-hydrogen) atoms. The number of carbonyl (C=O) groups is 1. The van der Waals surface area contributed by atoms with Crippen LogP contribution >= 0.6 is 0 Å². The zero-order chi connectivity index (χ0) is 17.8. The minimum absolute atomic E-state index is 0.548. The topological polar surface area (TPSA) is 31.2 Å². The first-order chi connectivity index (χ1) is 12.8. The maximum Gasteiger partial charge on any atom is 0.152 e. The Balaban J connectivity index is 1.55. The summed E-state index contributed by atoms with van der Waals surface area (Å²) in [6.45, 7) is 1.24. The number of para-hydroxylation sites is 1. The van der Waals surface area contributed by atoms with E-state index in [1.54, 1.807) is 0 Å². The Morgan fingerprint density at radius 1 is 0.846 bits per heavy atom. The molecule has 0 fully saturated rings. The highest BCUT2D eigenvalue weighted by Gasteiger charge is 2.08. The number of fused-ring (bicyclic) bond motifs is 1. The van der Waals surface area contributed by atoms with Crippen LogP contribution < -0.4 is 4.74 Å². The van der Waals surface area contributed by atoms with E-state index in [2.05, 4.69) is 28.8 Å². The van der Waals surface area contributed by atoms with Gasteiger partial charge in [0.25, 0.3) is 0 Å². The van der Waals surface area contributed by atoms with Crippen molar-refractivity contribution in [1.82, 2.24) is 4.57 Å². The summed E-state index contributed by atoms with van der Waals surface area (Å²) in [6, 6.07) is 26.2. The normalized spacial score (nSPS) is 10.8. The fourth-order valence-electron chi connectivity index (χ4n) is 3.17. The molecule has 0 bridgehead atoms. The molecule has 0 saturated carbocycles. The summed E-state index contributed by atoms with van der Waals surface area (Å²) in [7, 11) is 0. The summed E-state index contributed by atoms with van der Waals surface area (Å²) in [5.41, 5.74) is 4.06.